The number of nitrogens with zero attached hydrogens (tertiary/aromatic N) is 1. The number of carbonyl (C=O) groups is 2. The molecule has 1 heterocycles. The van der Waals surface area contributed by atoms with E-state index in [9.17, 15) is 9.59 Å². The number of likely N-dealkylation sites (tertiary alicyclic amines) is 1. The highest BCUT2D eigenvalue weighted by atomic mass is 79.9. The fourth-order valence-corrected chi connectivity index (χ4v) is 3.61. The number of rotatable bonds is 5. The Hall–Kier alpha value is -2.18. The van der Waals surface area contributed by atoms with Crippen LogP contribution in [0.15, 0.2) is 46.9 Å². The van der Waals surface area contributed by atoms with Crippen LogP contribution in [0.25, 0.3) is 0 Å². The van der Waals surface area contributed by atoms with E-state index in [1.54, 1.807) is 0 Å². The average Bonchev–Trinajstić information content (AvgIpc) is 2.67. The molecule has 6 heteroatoms. The third-order valence-corrected chi connectivity index (χ3v) is 5.98. The first-order valence-corrected chi connectivity index (χ1v) is 10.4. The summed E-state index contributed by atoms with van der Waals surface area (Å²) in [6.45, 7) is 5.87. The largest absolute Gasteiger partial charge is 0.326 e. The van der Waals surface area contributed by atoms with Crippen molar-refractivity contribution in [1.82, 2.24) is 4.90 Å². The normalized spacial score (nSPS) is 15.2. The molecule has 2 N–H and O–H groups in total. The maximum absolute atomic E-state index is 12.5. The average molecular weight is 444 g/mol. The van der Waals surface area contributed by atoms with E-state index in [1.165, 1.54) is 0 Å². The van der Waals surface area contributed by atoms with E-state index in [1.807, 2.05) is 56.3 Å². The Kier molecular flexibility index (Phi) is 6.86. The third kappa shape index (κ3) is 5.66. The Balaban J connectivity index is 1.44. The van der Waals surface area contributed by atoms with Crippen LogP contribution >= 0.6 is 15.9 Å². The van der Waals surface area contributed by atoms with Crippen molar-refractivity contribution in [2.75, 3.05) is 30.3 Å². The van der Waals surface area contributed by atoms with Gasteiger partial charge in [-0.2, -0.15) is 0 Å². The van der Waals surface area contributed by atoms with Crippen LogP contribution < -0.4 is 10.6 Å². The van der Waals surface area contributed by atoms with Gasteiger partial charge in [0.15, 0.2) is 0 Å². The number of carbonyl (C=O) groups excluding carboxylic acids is 2. The summed E-state index contributed by atoms with van der Waals surface area (Å²) >= 11 is 3.47. The topological polar surface area (TPSA) is 61.4 Å². The van der Waals surface area contributed by atoms with Crippen molar-refractivity contribution < 1.29 is 9.59 Å². The zero-order valence-electron chi connectivity index (χ0n) is 16.3. The second kappa shape index (κ2) is 9.34. The van der Waals surface area contributed by atoms with Crippen LogP contribution in [-0.2, 0) is 9.59 Å². The standard InChI is InChI=1S/C22H26BrN3O2/c1-15-3-5-18(6-4-15)24-21(27)14-26-11-9-17(10-12-26)22(28)25-19-7-8-20(23)16(2)13-19/h3-8,13,17H,9-12,14H2,1-2H3,(H,24,27)(H,25,28). The molecule has 0 aromatic heterocycles. The molecule has 5 nitrogen and oxygen atoms in total. The zero-order chi connectivity index (χ0) is 20.1. The van der Waals surface area contributed by atoms with Crippen LogP contribution in [0.5, 0.6) is 0 Å². The number of anilines is 2. The van der Waals surface area contributed by atoms with Gasteiger partial charge in [-0.1, -0.05) is 33.6 Å². The molecule has 1 aliphatic rings. The van der Waals surface area contributed by atoms with Crippen LogP contribution in [0.4, 0.5) is 11.4 Å². The number of aryl methyl sites for hydroxylation is 2. The first-order valence-electron chi connectivity index (χ1n) is 9.56. The lowest BCUT2D eigenvalue weighted by atomic mass is 9.95. The molecule has 1 aliphatic heterocycles. The van der Waals surface area contributed by atoms with Crippen molar-refractivity contribution in [2.45, 2.75) is 26.7 Å². The predicted molar refractivity (Wildman–Crippen MR) is 116 cm³/mol. The highest BCUT2D eigenvalue weighted by Gasteiger charge is 2.26. The molecule has 0 spiro atoms. The van der Waals surface area contributed by atoms with Gasteiger partial charge in [-0.3, -0.25) is 14.5 Å². The summed E-state index contributed by atoms with van der Waals surface area (Å²) < 4.78 is 1.03. The molecule has 0 bridgehead atoms. The van der Waals surface area contributed by atoms with Crippen molar-refractivity contribution >= 4 is 39.1 Å². The summed E-state index contributed by atoms with van der Waals surface area (Å²) in [4.78, 5) is 26.9. The molecule has 28 heavy (non-hydrogen) atoms. The van der Waals surface area contributed by atoms with E-state index in [-0.39, 0.29) is 17.7 Å². The van der Waals surface area contributed by atoms with Crippen LogP contribution in [0, 0.1) is 19.8 Å². The van der Waals surface area contributed by atoms with Crippen molar-refractivity contribution in [3.05, 3.63) is 58.1 Å². The van der Waals surface area contributed by atoms with Crippen molar-refractivity contribution in [2.24, 2.45) is 5.92 Å². The van der Waals surface area contributed by atoms with Crippen LogP contribution in [0.3, 0.4) is 0 Å². The van der Waals surface area contributed by atoms with Crippen LogP contribution in [0.2, 0.25) is 0 Å². The van der Waals surface area contributed by atoms with Gasteiger partial charge in [0, 0.05) is 21.8 Å². The lowest BCUT2D eigenvalue weighted by Crippen LogP contribution is -2.41. The first kappa shape index (κ1) is 20.6. The van der Waals surface area contributed by atoms with Gasteiger partial charge in [-0.05, 0) is 75.7 Å². The van der Waals surface area contributed by atoms with Gasteiger partial charge in [0.1, 0.15) is 0 Å². The van der Waals surface area contributed by atoms with Gasteiger partial charge >= 0.3 is 0 Å². The number of hydrogen-bond acceptors (Lipinski definition) is 3. The number of amides is 2. The quantitative estimate of drug-likeness (QED) is 0.721. The molecule has 0 unspecified atom stereocenters. The molecular formula is C22H26BrN3O2. The number of piperidine rings is 1. The van der Waals surface area contributed by atoms with Crippen molar-refractivity contribution in [3.63, 3.8) is 0 Å². The van der Waals surface area contributed by atoms with Gasteiger partial charge in [-0.15, -0.1) is 0 Å². The van der Waals surface area contributed by atoms with Crippen LogP contribution in [-0.4, -0.2) is 36.3 Å². The van der Waals surface area contributed by atoms with Crippen molar-refractivity contribution in [1.29, 1.82) is 0 Å². The summed E-state index contributed by atoms with van der Waals surface area (Å²) in [6, 6.07) is 13.6. The molecular weight excluding hydrogens is 418 g/mol. The minimum Gasteiger partial charge on any atom is -0.326 e. The second-order valence-corrected chi connectivity index (χ2v) is 8.27. The Morgan fingerprint density at radius 1 is 1.00 bits per heavy atom. The molecule has 2 amide bonds. The number of hydrogen-bond donors (Lipinski definition) is 2. The number of halogens is 1. The Morgan fingerprint density at radius 3 is 2.29 bits per heavy atom. The van der Waals surface area contributed by atoms with E-state index in [0.717, 1.165) is 52.9 Å². The molecule has 0 radical (unpaired) electrons. The minimum absolute atomic E-state index is 0.0136. The molecule has 2 aromatic rings. The number of benzene rings is 2. The van der Waals surface area contributed by atoms with Gasteiger partial charge in [-0.25, -0.2) is 0 Å². The van der Waals surface area contributed by atoms with E-state index in [4.69, 9.17) is 0 Å². The maximum Gasteiger partial charge on any atom is 0.238 e. The summed E-state index contributed by atoms with van der Waals surface area (Å²) in [6.07, 6.45) is 1.53. The Morgan fingerprint density at radius 2 is 1.64 bits per heavy atom. The zero-order valence-corrected chi connectivity index (χ0v) is 17.9. The monoisotopic (exact) mass is 443 g/mol. The molecule has 3 rings (SSSR count). The Labute approximate surface area is 174 Å². The van der Waals surface area contributed by atoms with Gasteiger partial charge < -0.3 is 10.6 Å². The maximum atomic E-state index is 12.5. The van der Waals surface area contributed by atoms with Crippen LogP contribution in [0.1, 0.15) is 24.0 Å². The molecule has 0 saturated carbocycles. The molecule has 0 atom stereocenters. The second-order valence-electron chi connectivity index (χ2n) is 7.42. The van der Waals surface area contributed by atoms with E-state index in [2.05, 4.69) is 31.5 Å². The summed E-state index contributed by atoms with van der Waals surface area (Å²) in [5.41, 5.74) is 3.89. The highest BCUT2D eigenvalue weighted by molar-refractivity contribution is 9.10. The molecule has 1 saturated heterocycles. The summed E-state index contributed by atoms with van der Waals surface area (Å²) in [5, 5.41) is 5.94. The first-order chi connectivity index (χ1) is 13.4. The van der Waals surface area contributed by atoms with E-state index < -0.39 is 0 Å². The summed E-state index contributed by atoms with van der Waals surface area (Å²) in [5.74, 6) is 0.0305. The van der Waals surface area contributed by atoms with E-state index >= 15 is 0 Å². The summed E-state index contributed by atoms with van der Waals surface area (Å²) in [7, 11) is 0. The van der Waals surface area contributed by atoms with Gasteiger partial charge in [0.05, 0.1) is 6.54 Å². The minimum atomic E-state index is -0.0166. The van der Waals surface area contributed by atoms with Gasteiger partial charge in [0.2, 0.25) is 11.8 Å². The molecule has 0 aliphatic carbocycles. The number of nitrogens with one attached hydrogen (secondary N) is 2. The lowest BCUT2D eigenvalue weighted by Gasteiger charge is -2.30. The predicted octanol–water partition coefficient (Wildman–Crippen LogP) is 4.36. The highest BCUT2D eigenvalue weighted by Crippen LogP contribution is 2.23. The van der Waals surface area contributed by atoms with Gasteiger partial charge in [0.25, 0.3) is 0 Å². The molecule has 2 aromatic carbocycles. The fourth-order valence-electron chi connectivity index (χ4n) is 3.36. The van der Waals surface area contributed by atoms with Crippen molar-refractivity contribution in [3.8, 4) is 0 Å². The fraction of sp³-hybridized carbons (Fsp3) is 0.364. The lowest BCUT2D eigenvalue weighted by molar-refractivity contribution is -0.121. The Bertz CT molecular complexity index is 843. The molecule has 1 fully saturated rings. The third-order valence-electron chi connectivity index (χ3n) is 5.09. The van der Waals surface area contributed by atoms with E-state index in [0.29, 0.717) is 6.54 Å². The smallest absolute Gasteiger partial charge is 0.238 e. The molecule has 148 valence electrons. The SMILES string of the molecule is Cc1ccc(NC(=O)CN2CCC(C(=O)Nc3ccc(Br)c(C)c3)CC2)cc1.